The van der Waals surface area contributed by atoms with Crippen molar-refractivity contribution < 1.29 is 9.18 Å². The number of amides is 1. The number of carbonyl (C=O) groups is 1. The van der Waals surface area contributed by atoms with Gasteiger partial charge in [-0.25, -0.2) is 4.39 Å². The number of aryl methyl sites for hydroxylation is 4. The van der Waals surface area contributed by atoms with E-state index in [1.54, 1.807) is 12.1 Å². The van der Waals surface area contributed by atoms with E-state index in [4.69, 9.17) is 0 Å². The van der Waals surface area contributed by atoms with Gasteiger partial charge in [-0.15, -0.1) is 0 Å². The third-order valence-electron chi connectivity index (χ3n) is 4.78. The van der Waals surface area contributed by atoms with E-state index in [1.807, 2.05) is 45.9 Å². The van der Waals surface area contributed by atoms with Crippen molar-refractivity contribution in [3.05, 3.63) is 75.7 Å². The molecule has 0 atom stereocenters. The molecule has 2 aromatic carbocycles. The van der Waals surface area contributed by atoms with Gasteiger partial charge in [0.1, 0.15) is 5.82 Å². The summed E-state index contributed by atoms with van der Waals surface area (Å²) in [5, 5.41) is 3.84. The molecule has 3 rings (SSSR count). The maximum absolute atomic E-state index is 14.0. The van der Waals surface area contributed by atoms with Crippen molar-refractivity contribution in [3.8, 4) is 0 Å². The fourth-order valence-electron chi connectivity index (χ4n) is 3.60. The van der Waals surface area contributed by atoms with Crippen molar-refractivity contribution in [2.45, 2.75) is 34.1 Å². The molecule has 1 amide bonds. The Bertz CT molecular complexity index is 1010. The number of H-pyrrole nitrogens is 1. The molecule has 0 fully saturated rings. The highest BCUT2D eigenvalue weighted by Crippen LogP contribution is 2.27. The van der Waals surface area contributed by atoms with E-state index in [1.165, 1.54) is 17.2 Å². The van der Waals surface area contributed by atoms with Crippen LogP contribution in [-0.4, -0.2) is 17.4 Å². The monoisotopic (exact) mass is 364 g/mol. The first kappa shape index (κ1) is 18.9. The summed E-state index contributed by atoms with van der Waals surface area (Å²) in [5.74, 6) is -0.375. The Balaban J connectivity index is 1.65. The molecule has 0 spiro atoms. The third-order valence-corrected chi connectivity index (χ3v) is 4.78. The predicted molar refractivity (Wildman–Crippen MR) is 109 cm³/mol. The Hall–Kier alpha value is -2.88. The largest absolute Gasteiger partial charge is 0.356 e. The van der Waals surface area contributed by atoms with Crippen LogP contribution in [0.5, 0.6) is 0 Å². The molecule has 0 radical (unpaired) electrons. The van der Waals surface area contributed by atoms with Gasteiger partial charge in [-0.3, -0.25) is 4.79 Å². The van der Waals surface area contributed by atoms with Gasteiger partial charge in [-0.2, -0.15) is 0 Å². The van der Waals surface area contributed by atoms with Crippen LogP contribution in [0.4, 0.5) is 4.39 Å². The van der Waals surface area contributed by atoms with Crippen LogP contribution in [0, 0.1) is 33.5 Å². The number of halogens is 1. The second-order valence-electron chi connectivity index (χ2n) is 7.14. The highest BCUT2D eigenvalue weighted by molar-refractivity contribution is 5.92. The zero-order valence-corrected chi connectivity index (χ0v) is 16.2. The lowest BCUT2D eigenvalue weighted by Gasteiger charge is -2.05. The Labute approximate surface area is 159 Å². The molecule has 0 unspecified atom stereocenters. The zero-order chi connectivity index (χ0) is 19.6. The first-order valence-corrected chi connectivity index (χ1v) is 9.15. The van der Waals surface area contributed by atoms with Gasteiger partial charge in [0.15, 0.2) is 0 Å². The Morgan fingerprint density at radius 3 is 2.52 bits per heavy atom. The van der Waals surface area contributed by atoms with Crippen molar-refractivity contribution in [2.24, 2.45) is 0 Å². The third kappa shape index (κ3) is 4.27. The number of carbonyl (C=O) groups excluding carboxylic acids is 1. The number of fused-ring (bicyclic) bond motifs is 1. The van der Waals surface area contributed by atoms with Gasteiger partial charge in [-0.1, -0.05) is 35.4 Å². The second-order valence-corrected chi connectivity index (χ2v) is 7.14. The van der Waals surface area contributed by atoms with Gasteiger partial charge in [0.25, 0.3) is 0 Å². The molecule has 1 aromatic heterocycles. The van der Waals surface area contributed by atoms with Gasteiger partial charge in [0.05, 0.1) is 5.52 Å². The van der Waals surface area contributed by atoms with Crippen molar-refractivity contribution in [1.29, 1.82) is 0 Å². The van der Waals surface area contributed by atoms with Gasteiger partial charge in [0, 0.05) is 23.7 Å². The number of nitrogens with one attached hydrogen (secondary N) is 2. The lowest BCUT2D eigenvalue weighted by Crippen LogP contribution is -2.23. The molecule has 0 aliphatic rings. The van der Waals surface area contributed by atoms with E-state index < -0.39 is 0 Å². The second kappa shape index (κ2) is 7.78. The van der Waals surface area contributed by atoms with Crippen LogP contribution in [0.25, 0.3) is 17.0 Å². The van der Waals surface area contributed by atoms with Crippen LogP contribution in [0.2, 0.25) is 0 Å². The van der Waals surface area contributed by atoms with Crippen LogP contribution in [0.1, 0.15) is 33.5 Å². The van der Waals surface area contributed by atoms with Crippen molar-refractivity contribution in [1.82, 2.24) is 10.3 Å². The Morgan fingerprint density at radius 2 is 1.81 bits per heavy atom. The molecule has 140 valence electrons. The van der Waals surface area contributed by atoms with E-state index in [-0.39, 0.29) is 11.7 Å². The molecule has 2 N–H and O–H groups in total. The molecule has 0 saturated heterocycles. The lowest BCUT2D eigenvalue weighted by atomic mass is 10.0. The Kier molecular flexibility index (Phi) is 5.45. The molecule has 4 heteroatoms. The summed E-state index contributed by atoms with van der Waals surface area (Å²) < 4.78 is 14.0. The van der Waals surface area contributed by atoms with Crippen molar-refractivity contribution >= 4 is 22.9 Å². The SMILES string of the molecule is Cc1cc(C)cc(/C=C/C(=O)NCCc2c(C)[nH]c3c(F)ccc(C)c23)c1. The number of rotatable bonds is 5. The molecule has 27 heavy (non-hydrogen) atoms. The van der Waals surface area contributed by atoms with Crippen molar-refractivity contribution in [3.63, 3.8) is 0 Å². The number of benzene rings is 2. The molecular weight excluding hydrogens is 339 g/mol. The first-order chi connectivity index (χ1) is 12.8. The minimum Gasteiger partial charge on any atom is -0.356 e. The van der Waals surface area contributed by atoms with Gasteiger partial charge in [-0.05, 0) is 62.9 Å². The van der Waals surface area contributed by atoms with Gasteiger partial charge < -0.3 is 10.3 Å². The summed E-state index contributed by atoms with van der Waals surface area (Å²) in [4.78, 5) is 15.2. The van der Waals surface area contributed by atoms with Gasteiger partial charge in [0.2, 0.25) is 5.91 Å². The first-order valence-electron chi connectivity index (χ1n) is 9.15. The average molecular weight is 364 g/mol. The molecule has 0 aliphatic heterocycles. The quantitative estimate of drug-likeness (QED) is 0.621. The predicted octanol–water partition coefficient (Wildman–Crippen LogP) is 4.91. The number of hydrogen-bond acceptors (Lipinski definition) is 1. The topological polar surface area (TPSA) is 44.9 Å². The molecule has 3 aromatic rings. The molecule has 0 bridgehead atoms. The van der Waals surface area contributed by atoms with Crippen LogP contribution < -0.4 is 5.32 Å². The maximum Gasteiger partial charge on any atom is 0.244 e. The molecule has 0 saturated carbocycles. The number of aromatic amines is 1. The van der Waals surface area contributed by atoms with E-state index in [2.05, 4.69) is 16.4 Å². The molecular formula is C23H25FN2O. The highest BCUT2D eigenvalue weighted by atomic mass is 19.1. The summed E-state index contributed by atoms with van der Waals surface area (Å²) in [6.45, 7) is 8.50. The van der Waals surface area contributed by atoms with Crippen LogP contribution in [-0.2, 0) is 11.2 Å². The normalized spacial score (nSPS) is 11.4. The average Bonchev–Trinajstić information content (AvgIpc) is 2.93. The van der Waals surface area contributed by atoms with E-state index in [0.717, 1.165) is 27.8 Å². The van der Waals surface area contributed by atoms with Crippen LogP contribution in [0.3, 0.4) is 0 Å². The minimum absolute atomic E-state index is 0.130. The summed E-state index contributed by atoms with van der Waals surface area (Å²) in [6, 6.07) is 9.47. The van der Waals surface area contributed by atoms with E-state index in [9.17, 15) is 9.18 Å². The maximum atomic E-state index is 14.0. The smallest absolute Gasteiger partial charge is 0.244 e. The van der Waals surface area contributed by atoms with E-state index in [0.29, 0.717) is 18.5 Å². The zero-order valence-electron chi connectivity index (χ0n) is 16.2. The van der Waals surface area contributed by atoms with Crippen LogP contribution >= 0.6 is 0 Å². The molecule has 3 nitrogen and oxygen atoms in total. The summed E-state index contributed by atoms with van der Waals surface area (Å²) in [6.07, 6.45) is 4.03. The fourth-order valence-corrected chi connectivity index (χ4v) is 3.60. The summed E-state index contributed by atoms with van der Waals surface area (Å²) in [5.41, 5.74) is 6.94. The lowest BCUT2D eigenvalue weighted by molar-refractivity contribution is -0.116. The molecule has 0 aliphatic carbocycles. The number of hydrogen-bond donors (Lipinski definition) is 2. The number of aromatic nitrogens is 1. The van der Waals surface area contributed by atoms with Crippen LogP contribution in [0.15, 0.2) is 36.4 Å². The summed E-state index contributed by atoms with van der Waals surface area (Å²) >= 11 is 0. The van der Waals surface area contributed by atoms with Crippen molar-refractivity contribution in [2.75, 3.05) is 6.54 Å². The fraction of sp³-hybridized carbons (Fsp3) is 0.261. The minimum atomic E-state index is -0.245. The van der Waals surface area contributed by atoms with Gasteiger partial charge >= 0.3 is 0 Å². The standard InChI is InChI=1S/C23H25FN2O/c1-14-11-15(2)13-18(12-14)6-8-21(27)25-10-9-19-17(4)26-23-20(24)7-5-16(3)22(19)23/h5-8,11-13,26H,9-10H2,1-4H3,(H,25,27)/b8-6+. The summed E-state index contributed by atoms with van der Waals surface area (Å²) in [7, 11) is 0. The Morgan fingerprint density at radius 1 is 1.11 bits per heavy atom. The molecule has 1 heterocycles. The van der Waals surface area contributed by atoms with E-state index >= 15 is 0 Å². The highest BCUT2D eigenvalue weighted by Gasteiger charge is 2.13.